The number of non-ortho nitro benzene ring substituents is 1. The quantitative estimate of drug-likeness (QED) is 0.475. The summed E-state index contributed by atoms with van der Waals surface area (Å²) in [5, 5.41) is 19.5. The number of benzene rings is 2. The van der Waals surface area contributed by atoms with E-state index in [4.69, 9.17) is 14.6 Å². The van der Waals surface area contributed by atoms with Crippen molar-refractivity contribution in [2.45, 2.75) is 6.61 Å². The van der Waals surface area contributed by atoms with Crippen LogP contribution in [0.5, 0.6) is 11.5 Å². The summed E-state index contributed by atoms with van der Waals surface area (Å²) in [5.74, 6) is -0.106. The lowest BCUT2D eigenvalue weighted by Gasteiger charge is -2.11. The zero-order valence-electron chi connectivity index (χ0n) is 12.8. The summed E-state index contributed by atoms with van der Waals surface area (Å²) in [6, 6.07) is 11.0. The summed E-state index contributed by atoms with van der Waals surface area (Å²) in [7, 11) is 1.51. The van der Waals surface area contributed by atoms with Crippen molar-refractivity contribution in [3.05, 3.63) is 69.8 Å². The molecule has 0 heterocycles. The van der Waals surface area contributed by atoms with Crippen LogP contribution in [-0.4, -0.2) is 23.1 Å². The van der Waals surface area contributed by atoms with E-state index in [0.29, 0.717) is 22.6 Å². The number of carbonyl (C=O) groups is 1. The van der Waals surface area contributed by atoms with Gasteiger partial charge in [0.05, 0.1) is 18.1 Å². The molecule has 2 rings (SSSR count). The number of hydrogen-bond donors (Lipinski definition) is 1. The minimum atomic E-state index is -1.04. The Labute approximate surface area is 137 Å². The highest BCUT2D eigenvalue weighted by molar-refractivity contribution is 5.85. The first-order valence-corrected chi connectivity index (χ1v) is 6.95. The van der Waals surface area contributed by atoms with Gasteiger partial charge in [-0.05, 0) is 29.8 Å². The van der Waals surface area contributed by atoms with Crippen molar-refractivity contribution in [3.63, 3.8) is 0 Å². The van der Waals surface area contributed by atoms with Crippen LogP contribution in [-0.2, 0) is 11.4 Å². The number of nitrogens with zero attached hydrogens (tertiary/aromatic N) is 1. The molecule has 2 aromatic carbocycles. The number of carboxylic acids is 1. The van der Waals surface area contributed by atoms with Crippen molar-refractivity contribution >= 4 is 17.7 Å². The third kappa shape index (κ3) is 4.57. The average molecular weight is 329 g/mol. The second-order valence-electron chi connectivity index (χ2n) is 4.79. The molecule has 124 valence electrons. The number of aliphatic carboxylic acids is 1. The summed E-state index contributed by atoms with van der Waals surface area (Å²) in [4.78, 5) is 20.9. The van der Waals surface area contributed by atoms with Crippen molar-refractivity contribution in [1.82, 2.24) is 0 Å². The van der Waals surface area contributed by atoms with E-state index in [1.54, 1.807) is 24.3 Å². The molecule has 0 radical (unpaired) electrons. The summed E-state index contributed by atoms with van der Waals surface area (Å²) < 4.78 is 10.8. The first-order valence-electron chi connectivity index (χ1n) is 6.95. The van der Waals surface area contributed by atoms with Gasteiger partial charge in [-0.15, -0.1) is 0 Å². The van der Waals surface area contributed by atoms with Gasteiger partial charge in [0.1, 0.15) is 18.1 Å². The smallest absolute Gasteiger partial charge is 0.328 e. The third-order valence-corrected chi connectivity index (χ3v) is 3.15. The van der Waals surface area contributed by atoms with E-state index in [0.717, 1.165) is 6.08 Å². The first kappa shape index (κ1) is 17.0. The maximum absolute atomic E-state index is 10.8. The highest BCUT2D eigenvalue weighted by Gasteiger charge is 2.09. The zero-order valence-corrected chi connectivity index (χ0v) is 12.8. The fourth-order valence-corrected chi connectivity index (χ4v) is 2.03. The number of hydrogen-bond acceptors (Lipinski definition) is 5. The van der Waals surface area contributed by atoms with Gasteiger partial charge in [0.15, 0.2) is 0 Å². The van der Waals surface area contributed by atoms with E-state index in [1.165, 1.54) is 31.4 Å². The molecule has 0 atom stereocenters. The lowest BCUT2D eigenvalue weighted by molar-refractivity contribution is -0.384. The van der Waals surface area contributed by atoms with Gasteiger partial charge in [-0.2, -0.15) is 0 Å². The molecule has 0 saturated carbocycles. The molecule has 0 aromatic heterocycles. The van der Waals surface area contributed by atoms with Gasteiger partial charge in [0, 0.05) is 17.7 Å². The SMILES string of the molecule is COc1ccc(/C=C/C(=O)O)cc1COc1cccc([N+](=O)[O-])c1. The molecule has 1 N–H and O–H groups in total. The number of nitro groups is 1. The highest BCUT2D eigenvalue weighted by Crippen LogP contribution is 2.24. The minimum Gasteiger partial charge on any atom is -0.496 e. The third-order valence-electron chi connectivity index (χ3n) is 3.15. The van der Waals surface area contributed by atoms with Crippen LogP contribution in [0.25, 0.3) is 6.08 Å². The fourth-order valence-electron chi connectivity index (χ4n) is 2.03. The summed E-state index contributed by atoms with van der Waals surface area (Å²) >= 11 is 0. The standard InChI is InChI=1S/C17H15NO6/c1-23-16-7-5-12(6-8-17(19)20)9-13(16)11-24-15-4-2-3-14(10-15)18(21)22/h2-10H,11H2,1H3,(H,19,20)/b8-6+. The van der Waals surface area contributed by atoms with E-state index in [-0.39, 0.29) is 12.3 Å². The molecule has 0 bridgehead atoms. The Hall–Kier alpha value is -3.35. The van der Waals surface area contributed by atoms with E-state index in [1.807, 2.05) is 0 Å². The normalized spacial score (nSPS) is 10.5. The van der Waals surface area contributed by atoms with Crippen LogP contribution in [0.3, 0.4) is 0 Å². The van der Waals surface area contributed by atoms with Gasteiger partial charge < -0.3 is 14.6 Å². The molecule has 0 aliphatic heterocycles. The van der Waals surface area contributed by atoms with Gasteiger partial charge in [-0.3, -0.25) is 10.1 Å². The Kier molecular flexibility index (Phi) is 5.51. The number of rotatable bonds is 7. The largest absolute Gasteiger partial charge is 0.496 e. The molecule has 0 spiro atoms. The van der Waals surface area contributed by atoms with E-state index in [9.17, 15) is 14.9 Å². The minimum absolute atomic E-state index is 0.0578. The number of carboxylic acid groups (broad SMARTS) is 1. The average Bonchev–Trinajstić information content (AvgIpc) is 2.58. The Morgan fingerprint density at radius 3 is 2.75 bits per heavy atom. The Bertz CT molecular complexity index is 784. The number of nitro benzene ring substituents is 1. The van der Waals surface area contributed by atoms with Gasteiger partial charge in [-0.1, -0.05) is 12.1 Å². The molecule has 0 saturated heterocycles. The maximum Gasteiger partial charge on any atom is 0.328 e. The highest BCUT2D eigenvalue weighted by atomic mass is 16.6. The molecule has 7 nitrogen and oxygen atoms in total. The lowest BCUT2D eigenvalue weighted by atomic mass is 10.1. The van der Waals surface area contributed by atoms with E-state index >= 15 is 0 Å². The number of methoxy groups -OCH3 is 1. The summed E-state index contributed by atoms with van der Waals surface area (Å²) in [5.41, 5.74) is 1.31. The topological polar surface area (TPSA) is 98.9 Å². The number of ether oxygens (including phenoxy) is 2. The van der Waals surface area contributed by atoms with Crippen molar-refractivity contribution in [2.24, 2.45) is 0 Å². The molecule has 0 amide bonds. The molecule has 0 unspecified atom stereocenters. The van der Waals surface area contributed by atoms with E-state index in [2.05, 4.69) is 0 Å². The molecule has 0 aliphatic rings. The Morgan fingerprint density at radius 2 is 2.08 bits per heavy atom. The van der Waals surface area contributed by atoms with Crippen molar-refractivity contribution in [3.8, 4) is 11.5 Å². The Morgan fingerprint density at radius 1 is 1.29 bits per heavy atom. The second-order valence-corrected chi connectivity index (χ2v) is 4.79. The van der Waals surface area contributed by atoms with Crippen LogP contribution >= 0.6 is 0 Å². The van der Waals surface area contributed by atoms with Gasteiger partial charge in [-0.25, -0.2) is 4.79 Å². The maximum atomic E-state index is 10.8. The predicted molar refractivity (Wildman–Crippen MR) is 87.1 cm³/mol. The van der Waals surface area contributed by atoms with E-state index < -0.39 is 10.9 Å². The molecule has 24 heavy (non-hydrogen) atoms. The van der Waals surface area contributed by atoms with Crippen LogP contribution in [0, 0.1) is 10.1 Å². The van der Waals surface area contributed by atoms with Crippen molar-refractivity contribution < 1.29 is 24.3 Å². The van der Waals surface area contributed by atoms with Crippen LogP contribution in [0.15, 0.2) is 48.5 Å². The molecule has 0 fully saturated rings. The van der Waals surface area contributed by atoms with Gasteiger partial charge in [0.25, 0.3) is 5.69 Å². The summed E-state index contributed by atoms with van der Waals surface area (Å²) in [6.07, 6.45) is 2.49. The molecular formula is C17H15NO6. The van der Waals surface area contributed by atoms with Crippen LogP contribution in [0.4, 0.5) is 5.69 Å². The van der Waals surface area contributed by atoms with Crippen LogP contribution in [0.1, 0.15) is 11.1 Å². The van der Waals surface area contributed by atoms with Gasteiger partial charge in [0.2, 0.25) is 0 Å². The molecule has 0 aliphatic carbocycles. The zero-order chi connectivity index (χ0) is 17.5. The second kappa shape index (κ2) is 7.77. The fraction of sp³-hybridized carbons (Fsp3) is 0.118. The predicted octanol–water partition coefficient (Wildman–Crippen LogP) is 3.28. The van der Waals surface area contributed by atoms with Crippen LogP contribution < -0.4 is 9.47 Å². The van der Waals surface area contributed by atoms with Gasteiger partial charge >= 0.3 is 5.97 Å². The lowest BCUT2D eigenvalue weighted by Crippen LogP contribution is -2.00. The molecule has 7 heteroatoms. The van der Waals surface area contributed by atoms with Crippen molar-refractivity contribution in [2.75, 3.05) is 7.11 Å². The Balaban J connectivity index is 2.18. The van der Waals surface area contributed by atoms with Crippen molar-refractivity contribution in [1.29, 1.82) is 0 Å². The monoisotopic (exact) mass is 329 g/mol. The van der Waals surface area contributed by atoms with Crippen LogP contribution in [0.2, 0.25) is 0 Å². The summed E-state index contributed by atoms with van der Waals surface area (Å²) in [6.45, 7) is 0.124. The molecular weight excluding hydrogens is 314 g/mol. The first-order chi connectivity index (χ1) is 11.5. The molecule has 2 aromatic rings.